The lowest BCUT2D eigenvalue weighted by molar-refractivity contribution is -0.144. The van der Waals surface area contributed by atoms with Crippen LogP contribution in [-0.2, 0) is 20.9 Å². The number of aryl methyl sites for hydroxylation is 1. The highest BCUT2D eigenvalue weighted by atomic mass is 32.2. The van der Waals surface area contributed by atoms with Crippen molar-refractivity contribution < 1.29 is 23.8 Å². The number of fused-ring (bicyclic) bond motifs is 2. The number of benzene rings is 1. The number of nitrogens with zero attached hydrogens (tertiary/aromatic N) is 2. The molecule has 1 N–H and O–H groups in total. The molecule has 142 valence electrons. The van der Waals surface area contributed by atoms with Crippen molar-refractivity contribution in [1.82, 2.24) is 9.78 Å². The first-order valence-corrected chi connectivity index (χ1v) is 9.65. The van der Waals surface area contributed by atoms with E-state index in [1.165, 1.54) is 16.4 Å². The summed E-state index contributed by atoms with van der Waals surface area (Å²) >= 11 is 1.51. The van der Waals surface area contributed by atoms with Crippen LogP contribution < -0.4 is 14.8 Å². The molecule has 0 bridgehead atoms. The van der Waals surface area contributed by atoms with Gasteiger partial charge < -0.3 is 19.5 Å². The van der Waals surface area contributed by atoms with Gasteiger partial charge in [0.1, 0.15) is 12.4 Å². The molecule has 3 heterocycles. The van der Waals surface area contributed by atoms with Crippen molar-refractivity contribution in [3.63, 3.8) is 0 Å². The Balaban J connectivity index is 1.75. The van der Waals surface area contributed by atoms with Crippen LogP contribution in [0.4, 0.5) is 5.82 Å². The van der Waals surface area contributed by atoms with Crippen LogP contribution in [-0.4, -0.2) is 40.8 Å². The predicted molar refractivity (Wildman–Crippen MR) is 99.1 cm³/mol. The minimum absolute atomic E-state index is 0.0528. The van der Waals surface area contributed by atoms with Crippen molar-refractivity contribution >= 4 is 29.5 Å². The van der Waals surface area contributed by atoms with Gasteiger partial charge in [-0.2, -0.15) is 5.10 Å². The van der Waals surface area contributed by atoms with Gasteiger partial charge in [0, 0.05) is 5.56 Å². The minimum Gasteiger partial charge on any atom is -0.465 e. The average molecular weight is 389 g/mol. The van der Waals surface area contributed by atoms with Crippen LogP contribution in [0.3, 0.4) is 0 Å². The number of nitrogens with one attached hydrogen (secondary N) is 1. The Labute approximate surface area is 160 Å². The summed E-state index contributed by atoms with van der Waals surface area (Å²) in [6, 6.07) is 5.77. The molecule has 0 spiro atoms. The van der Waals surface area contributed by atoms with E-state index in [9.17, 15) is 9.59 Å². The fraction of sp³-hybridized carbons (Fsp3) is 0.389. The normalized spacial score (nSPS) is 17.9. The lowest BCUT2D eigenvalue weighted by Crippen LogP contribution is -2.20. The Hall–Kier alpha value is -2.68. The Morgan fingerprint density at radius 2 is 2.22 bits per heavy atom. The molecule has 0 saturated carbocycles. The lowest BCUT2D eigenvalue weighted by Gasteiger charge is -2.16. The van der Waals surface area contributed by atoms with Crippen LogP contribution in [0.5, 0.6) is 11.5 Å². The minimum atomic E-state index is -0.395. The molecular formula is C18H19N3O5S. The maximum Gasteiger partial charge on any atom is 0.327 e. The Kier molecular flexibility index (Phi) is 4.69. The van der Waals surface area contributed by atoms with Gasteiger partial charge in [0.2, 0.25) is 12.7 Å². The summed E-state index contributed by atoms with van der Waals surface area (Å²) in [4.78, 5) is 24.2. The number of thioether (sulfide) groups is 1. The largest absolute Gasteiger partial charge is 0.465 e. The van der Waals surface area contributed by atoms with Crippen LogP contribution in [0.1, 0.15) is 29.0 Å². The van der Waals surface area contributed by atoms with Crippen molar-refractivity contribution in [2.75, 3.05) is 24.5 Å². The number of ether oxygens (including phenoxy) is 3. The zero-order valence-electron chi connectivity index (χ0n) is 15.0. The van der Waals surface area contributed by atoms with Gasteiger partial charge in [-0.15, -0.1) is 11.8 Å². The molecule has 0 fully saturated rings. The number of carbonyl (C=O) groups is 2. The molecule has 9 heteroatoms. The van der Waals surface area contributed by atoms with E-state index in [1.807, 2.05) is 25.1 Å². The fourth-order valence-corrected chi connectivity index (χ4v) is 4.41. The second-order valence-corrected chi connectivity index (χ2v) is 7.26. The third-order valence-corrected chi connectivity index (χ3v) is 5.63. The topological polar surface area (TPSA) is 91.7 Å². The highest BCUT2D eigenvalue weighted by molar-refractivity contribution is 8.00. The van der Waals surface area contributed by atoms with Crippen molar-refractivity contribution in [3.05, 3.63) is 35.0 Å². The SMILES string of the molecule is CCOC(=O)Cn1nc(C)c2c1NC(=O)CS[C@H]2c1ccc2c(c1)OCO2. The van der Waals surface area contributed by atoms with Gasteiger partial charge in [0.25, 0.3) is 0 Å². The summed E-state index contributed by atoms with van der Waals surface area (Å²) in [5.74, 6) is 1.71. The zero-order chi connectivity index (χ0) is 19.0. The molecule has 2 aromatic rings. The van der Waals surface area contributed by atoms with Crippen LogP contribution in [0.25, 0.3) is 0 Å². The molecule has 1 amide bonds. The van der Waals surface area contributed by atoms with Gasteiger partial charge in [-0.3, -0.25) is 9.59 Å². The lowest BCUT2D eigenvalue weighted by atomic mass is 10.0. The number of aromatic nitrogens is 2. The van der Waals surface area contributed by atoms with Crippen molar-refractivity contribution in [2.24, 2.45) is 0 Å². The first-order chi connectivity index (χ1) is 13.1. The van der Waals surface area contributed by atoms with Crippen molar-refractivity contribution in [1.29, 1.82) is 0 Å². The second kappa shape index (κ2) is 7.15. The summed E-state index contributed by atoms with van der Waals surface area (Å²) in [6.07, 6.45) is 0. The van der Waals surface area contributed by atoms with E-state index in [0.29, 0.717) is 29.7 Å². The smallest absolute Gasteiger partial charge is 0.327 e. The third-order valence-electron chi connectivity index (χ3n) is 4.36. The number of rotatable bonds is 4. The average Bonchev–Trinajstić information content (AvgIpc) is 3.15. The molecular weight excluding hydrogens is 370 g/mol. The van der Waals surface area contributed by atoms with E-state index < -0.39 is 5.97 Å². The number of esters is 1. The number of amides is 1. The summed E-state index contributed by atoms with van der Waals surface area (Å²) in [7, 11) is 0. The van der Waals surface area contributed by atoms with Gasteiger partial charge in [-0.05, 0) is 31.5 Å². The van der Waals surface area contributed by atoms with E-state index in [4.69, 9.17) is 14.2 Å². The van der Waals surface area contributed by atoms with Crippen LogP contribution in [0, 0.1) is 6.92 Å². The van der Waals surface area contributed by atoms with Crippen LogP contribution >= 0.6 is 11.8 Å². The molecule has 1 atom stereocenters. The molecule has 0 unspecified atom stereocenters. The van der Waals surface area contributed by atoms with E-state index in [0.717, 1.165) is 16.8 Å². The van der Waals surface area contributed by atoms with Gasteiger partial charge in [0.05, 0.1) is 23.3 Å². The van der Waals surface area contributed by atoms with Gasteiger partial charge in [-0.25, -0.2) is 4.68 Å². The Morgan fingerprint density at radius 3 is 3.04 bits per heavy atom. The molecule has 4 rings (SSSR count). The zero-order valence-corrected chi connectivity index (χ0v) is 15.8. The fourth-order valence-electron chi connectivity index (χ4n) is 3.23. The Bertz CT molecular complexity index is 911. The molecule has 1 aromatic carbocycles. The monoisotopic (exact) mass is 389 g/mol. The quantitative estimate of drug-likeness (QED) is 0.802. The highest BCUT2D eigenvalue weighted by Gasteiger charge is 2.31. The second-order valence-electron chi connectivity index (χ2n) is 6.16. The molecule has 0 radical (unpaired) electrons. The van der Waals surface area contributed by atoms with E-state index >= 15 is 0 Å². The number of anilines is 1. The molecule has 2 aliphatic rings. The summed E-state index contributed by atoms with van der Waals surface area (Å²) in [5.41, 5.74) is 2.63. The molecule has 0 saturated heterocycles. The van der Waals surface area contributed by atoms with Gasteiger partial charge in [0.15, 0.2) is 11.5 Å². The molecule has 27 heavy (non-hydrogen) atoms. The Morgan fingerprint density at radius 1 is 1.41 bits per heavy atom. The molecule has 2 aliphatic heterocycles. The third kappa shape index (κ3) is 3.34. The number of hydrogen-bond donors (Lipinski definition) is 1. The van der Waals surface area contributed by atoms with Crippen LogP contribution in [0.2, 0.25) is 0 Å². The van der Waals surface area contributed by atoms with Gasteiger partial charge in [-0.1, -0.05) is 6.07 Å². The maximum absolute atomic E-state index is 12.2. The summed E-state index contributed by atoms with van der Waals surface area (Å²) < 4.78 is 17.4. The highest BCUT2D eigenvalue weighted by Crippen LogP contribution is 2.45. The van der Waals surface area contributed by atoms with Crippen molar-refractivity contribution in [3.8, 4) is 11.5 Å². The summed E-state index contributed by atoms with van der Waals surface area (Å²) in [6.45, 7) is 4.07. The standard InChI is InChI=1S/C18H19N3O5S/c1-3-24-15(23)7-21-18-16(10(2)20-21)17(27-8-14(22)19-18)11-4-5-12-13(6-11)26-9-25-12/h4-6,17H,3,7-9H2,1-2H3,(H,19,22)/t17-/m0/s1. The van der Waals surface area contributed by atoms with Crippen molar-refractivity contribution in [2.45, 2.75) is 25.6 Å². The molecule has 1 aromatic heterocycles. The first-order valence-electron chi connectivity index (χ1n) is 8.60. The molecule has 0 aliphatic carbocycles. The van der Waals surface area contributed by atoms with Gasteiger partial charge >= 0.3 is 5.97 Å². The van der Waals surface area contributed by atoms with E-state index in [2.05, 4.69) is 10.4 Å². The first kappa shape index (κ1) is 17.7. The summed E-state index contributed by atoms with van der Waals surface area (Å²) in [5, 5.41) is 7.24. The van der Waals surface area contributed by atoms with Crippen LogP contribution in [0.15, 0.2) is 18.2 Å². The number of hydrogen-bond acceptors (Lipinski definition) is 7. The molecule has 8 nitrogen and oxygen atoms in total. The van der Waals surface area contributed by atoms with E-state index in [-0.39, 0.29) is 24.5 Å². The predicted octanol–water partition coefficient (Wildman–Crippen LogP) is 2.26. The maximum atomic E-state index is 12.2. The number of carbonyl (C=O) groups excluding carboxylic acids is 2. The van der Waals surface area contributed by atoms with E-state index in [1.54, 1.807) is 6.92 Å².